The number of aromatic carboxylic acids is 1. The van der Waals surface area contributed by atoms with E-state index >= 15 is 0 Å². The lowest BCUT2D eigenvalue weighted by atomic mass is 10.0. The van der Waals surface area contributed by atoms with Crippen molar-refractivity contribution in [3.05, 3.63) is 57.8 Å². The molecule has 0 saturated carbocycles. The van der Waals surface area contributed by atoms with Crippen LogP contribution in [0.2, 0.25) is 0 Å². The Morgan fingerprint density at radius 2 is 1.68 bits per heavy atom. The average Bonchev–Trinajstić information content (AvgIpc) is 2.36. The summed E-state index contributed by atoms with van der Waals surface area (Å²) in [5.74, 6) is -4.17. The minimum Gasteiger partial charge on any atom is -0.478 e. The van der Waals surface area contributed by atoms with E-state index in [0.717, 1.165) is 30.3 Å². The van der Waals surface area contributed by atoms with Crippen molar-refractivity contribution in [3.63, 3.8) is 0 Å². The molecule has 19 heavy (non-hydrogen) atoms. The van der Waals surface area contributed by atoms with Crippen LogP contribution in [0.1, 0.15) is 10.4 Å². The van der Waals surface area contributed by atoms with Crippen molar-refractivity contribution in [1.82, 2.24) is 0 Å². The topological polar surface area (TPSA) is 37.3 Å². The molecule has 0 heterocycles. The van der Waals surface area contributed by atoms with Crippen LogP contribution in [0.4, 0.5) is 13.2 Å². The van der Waals surface area contributed by atoms with Crippen LogP contribution in [0.25, 0.3) is 11.1 Å². The molecular formula is C13H6BrF3O2. The Morgan fingerprint density at radius 1 is 1.05 bits per heavy atom. The molecule has 98 valence electrons. The van der Waals surface area contributed by atoms with Gasteiger partial charge in [0.25, 0.3) is 0 Å². The van der Waals surface area contributed by atoms with Gasteiger partial charge < -0.3 is 5.11 Å². The minimum absolute atomic E-state index is 0.0379. The second kappa shape index (κ2) is 5.05. The lowest BCUT2D eigenvalue weighted by Crippen LogP contribution is -2.00. The van der Waals surface area contributed by atoms with Gasteiger partial charge in [-0.25, -0.2) is 18.0 Å². The molecule has 6 heteroatoms. The van der Waals surface area contributed by atoms with Crippen molar-refractivity contribution in [1.29, 1.82) is 0 Å². The van der Waals surface area contributed by atoms with Crippen molar-refractivity contribution in [3.8, 4) is 11.1 Å². The van der Waals surface area contributed by atoms with Gasteiger partial charge in [0.15, 0.2) is 0 Å². The molecule has 2 nitrogen and oxygen atoms in total. The van der Waals surface area contributed by atoms with Crippen LogP contribution in [-0.2, 0) is 0 Å². The van der Waals surface area contributed by atoms with E-state index in [1.807, 2.05) is 0 Å². The summed E-state index contributed by atoms with van der Waals surface area (Å²) < 4.78 is 41.1. The molecule has 2 aromatic carbocycles. The van der Waals surface area contributed by atoms with Crippen LogP contribution in [0.3, 0.4) is 0 Å². The molecule has 0 fully saturated rings. The predicted octanol–water partition coefficient (Wildman–Crippen LogP) is 4.23. The second-order valence-corrected chi connectivity index (χ2v) is 4.57. The summed E-state index contributed by atoms with van der Waals surface area (Å²) in [6, 6.07) is 4.89. The summed E-state index contributed by atoms with van der Waals surface area (Å²) in [6.07, 6.45) is 0. The third kappa shape index (κ3) is 2.49. The summed E-state index contributed by atoms with van der Waals surface area (Å²) in [4.78, 5) is 10.8. The smallest absolute Gasteiger partial charge is 0.335 e. The number of carbonyl (C=O) groups is 1. The van der Waals surface area contributed by atoms with Gasteiger partial charge in [-0.05, 0) is 46.3 Å². The average molecular weight is 331 g/mol. The highest BCUT2D eigenvalue weighted by atomic mass is 79.9. The highest BCUT2D eigenvalue weighted by Gasteiger charge is 2.19. The fourth-order valence-electron chi connectivity index (χ4n) is 1.62. The third-order valence-corrected chi connectivity index (χ3v) is 3.14. The first-order valence-corrected chi connectivity index (χ1v) is 5.88. The molecule has 0 aliphatic rings. The number of rotatable bonds is 2. The standard InChI is InChI=1S/C13H6BrF3O2/c14-8-2-4-10(16)11(12(8)17)7-5-6(13(18)19)1-3-9(7)15/h1-5H,(H,18,19). The molecule has 0 atom stereocenters. The van der Waals surface area contributed by atoms with E-state index in [9.17, 15) is 18.0 Å². The Hall–Kier alpha value is -1.82. The van der Waals surface area contributed by atoms with E-state index in [4.69, 9.17) is 5.11 Å². The maximum absolute atomic E-state index is 13.9. The maximum Gasteiger partial charge on any atom is 0.335 e. The summed E-state index contributed by atoms with van der Waals surface area (Å²) in [5.41, 5.74) is -1.29. The zero-order valence-corrected chi connectivity index (χ0v) is 10.8. The van der Waals surface area contributed by atoms with Crippen molar-refractivity contribution in [2.24, 2.45) is 0 Å². The molecule has 0 amide bonds. The number of carboxylic acid groups (broad SMARTS) is 1. The molecule has 2 aromatic rings. The number of hydrogen-bond acceptors (Lipinski definition) is 1. The molecule has 0 bridgehead atoms. The Labute approximate surface area is 114 Å². The Morgan fingerprint density at radius 3 is 2.32 bits per heavy atom. The summed E-state index contributed by atoms with van der Waals surface area (Å²) in [7, 11) is 0. The van der Waals surface area contributed by atoms with E-state index in [0.29, 0.717) is 0 Å². The largest absolute Gasteiger partial charge is 0.478 e. The number of halogens is 4. The molecule has 1 N–H and O–H groups in total. The third-order valence-electron chi connectivity index (χ3n) is 2.53. The summed E-state index contributed by atoms with van der Waals surface area (Å²) >= 11 is 2.87. The molecule has 0 aliphatic carbocycles. The maximum atomic E-state index is 13.9. The monoisotopic (exact) mass is 330 g/mol. The number of benzene rings is 2. The van der Waals surface area contributed by atoms with Crippen molar-refractivity contribution in [2.45, 2.75) is 0 Å². The predicted molar refractivity (Wildman–Crippen MR) is 66.4 cm³/mol. The fraction of sp³-hybridized carbons (Fsp3) is 0. The summed E-state index contributed by atoms with van der Waals surface area (Å²) in [6.45, 7) is 0. The van der Waals surface area contributed by atoms with Crippen molar-refractivity contribution in [2.75, 3.05) is 0 Å². The zero-order valence-electron chi connectivity index (χ0n) is 9.25. The minimum atomic E-state index is -1.31. The highest BCUT2D eigenvalue weighted by molar-refractivity contribution is 9.10. The van der Waals surface area contributed by atoms with Crippen LogP contribution >= 0.6 is 15.9 Å². The number of carboxylic acids is 1. The fourth-order valence-corrected chi connectivity index (χ4v) is 1.95. The molecule has 0 unspecified atom stereocenters. The Bertz CT molecular complexity index is 671. The lowest BCUT2D eigenvalue weighted by molar-refractivity contribution is 0.0697. The van der Waals surface area contributed by atoms with Gasteiger partial charge in [0.05, 0.1) is 15.6 Å². The van der Waals surface area contributed by atoms with Gasteiger partial charge in [-0.15, -0.1) is 0 Å². The van der Waals surface area contributed by atoms with E-state index in [2.05, 4.69) is 15.9 Å². The van der Waals surface area contributed by atoms with E-state index in [1.54, 1.807) is 0 Å². The normalized spacial score (nSPS) is 10.5. The molecule has 0 spiro atoms. The second-order valence-electron chi connectivity index (χ2n) is 3.72. The van der Waals surface area contributed by atoms with Crippen LogP contribution in [0.5, 0.6) is 0 Å². The molecule has 0 aliphatic heterocycles. The molecule has 0 aromatic heterocycles. The molecular weight excluding hydrogens is 325 g/mol. The summed E-state index contributed by atoms with van der Waals surface area (Å²) in [5, 5.41) is 8.82. The van der Waals surface area contributed by atoms with Gasteiger partial charge in [0.1, 0.15) is 17.5 Å². The lowest BCUT2D eigenvalue weighted by Gasteiger charge is -2.08. The van der Waals surface area contributed by atoms with E-state index < -0.39 is 34.5 Å². The molecule has 0 saturated heterocycles. The van der Waals surface area contributed by atoms with E-state index in [-0.39, 0.29) is 10.0 Å². The number of hydrogen-bond donors (Lipinski definition) is 1. The molecule has 0 radical (unpaired) electrons. The quantitative estimate of drug-likeness (QED) is 0.836. The first-order valence-electron chi connectivity index (χ1n) is 5.08. The van der Waals surface area contributed by atoms with Gasteiger partial charge >= 0.3 is 5.97 Å². The van der Waals surface area contributed by atoms with Gasteiger partial charge in [-0.1, -0.05) is 0 Å². The van der Waals surface area contributed by atoms with Gasteiger partial charge in [0, 0.05) is 5.56 Å². The SMILES string of the molecule is O=C(O)c1ccc(F)c(-c2c(F)ccc(Br)c2F)c1. The molecule has 2 rings (SSSR count). The van der Waals surface area contributed by atoms with Crippen molar-refractivity contribution >= 4 is 21.9 Å². The van der Waals surface area contributed by atoms with Crippen LogP contribution in [0, 0.1) is 17.5 Å². The van der Waals surface area contributed by atoms with Crippen LogP contribution in [0.15, 0.2) is 34.8 Å². The highest BCUT2D eigenvalue weighted by Crippen LogP contribution is 2.32. The van der Waals surface area contributed by atoms with Gasteiger partial charge in [-0.2, -0.15) is 0 Å². The first kappa shape index (κ1) is 13.6. The van der Waals surface area contributed by atoms with E-state index in [1.165, 1.54) is 0 Å². The van der Waals surface area contributed by atoms with Crippen LogP contribution < -0.4 is 0 Å². The Kier molecular flexibility index (Phi) is 3.61. The van der Waals surface area contributed by atoms with Gasteiger partial charge in [-0.3, -0.25) is 0 Å². The Balaban J connectivity index is 2.75. The van der Waals surface area contributed by atoms with Gasteiger partial charge in [0.2, 0.25) is 0 Å². The van der Waals surface area contributed by atoms with Crippen LogP contribution in [-0.4, -0.2) is 11.1 Å². The zero-order chi connectivity index (χ0) is 14.2. The van der Waals surface area contributed by atoms with Crippen molar-refractivity contribution < 1.29 is 23.1 Å². The first-order chi connectivity index (χ1) is 8.91.